The second-order valence-corrected chi connectivity index (χ2v) is 6.14. The number of nitrogens with zero attached hydrogens (tertiary/aromatic N) is 2. The molecule has 0 aliphatic heterocycles. The van der Waals surface area contributed by atoms with Crippen LogP contribution in [0.25, 0.3) is 0 Å². The molecule has 5 heteroatoms. The van der Waals surface area contributed by atoms with E-state index in [1.807, 2.05) is 18.5 Å². The van der Waals surface area contributed by atoms with E-state index in [0.29, 0.717) is 6.54 Å². The van der Waals surface area contributed by atoms with E-state index < -0.39 is 11.5 Å². The molecule has 2 N–H and O–H groups in total. The van der Waals surface area contributed by atoms with Crippen LogP contribution in [0.5, 0.6) is 0 Å². The molecule has 21 heavy (non-hydrogen) atoms. The van der Waals surface area contributed by atoms with Gasteiger partial charge >= 0.3 is 5.97 Å². The molecule has 5 nitrogen and oxygen atoms in total. The van der Waals surface area contributed by atoms with Gasteiger partial charge in [0, 0.05) is 5.69 Å². The maximum atomic E-state index is 12.0. The Morgan fingerprint density at radius 3 is 2.52 bits per heavy atom. The molecule has 0 amide bonds. The van der Waals surface area contributed by atoms with Gasteiger partial charge in [-0.2, -0.15) is 5.10 Å². The van der Waals surface area contributed by atoms with Crippen LogP contribution in [0.15, 0.2) is 0 Å². The summed E-state index contributed by atoms with van der Waals surface area (Å²) in [6.07, 6.45) is 3.84. The monoisotopic (exact) mass is 293 g/mol. The van der Waals surface area contributed by atoms with Gasteiger partial charge in [0.05, 0.1) is 12.2 Å². The first-order valence-electron chi connectivity index (χ1n) is 7.97. The van der Waals surface area contributed by atoms with Crippen molar-refractivity contribution < 1.29 is 9.90 Å². The topological polar surface area (TPSA) is 67.2 Å². The van der Waals surface area contributed by atoms with Gasteiger partial charge in [0.2, 0.25) is 0 Å². The second-order valence-electron chi connectivity index (χ2n) is 6.14. The van der Waals surface area contributed by atoms with Gasteiger partial charge in [0.25, 0.3) is 0 Å². The molecule has 1 fully saturated rings. The highest BCUT2D eigenvalue weighted by Gasteiger charge is 2.51. The minimum atomic E-state index is -0.871. The number of carboxylic acids is 1. The van der Waals surface area contributed by atoms with E-state index in [9.17, 15) is 9.90 Å². The van der Waals surface area contributed by atoms with Gasteiger partial charge in [-0.15, -0.1) is 0 Å². The van der Waals surface area contributed by atoms with E-state index in [0.717, 1.165) is 43.6 Å². The van der Waals surface area contributed by atoms with Crippen molar-refractivity contribution in [1.29, 1.82) is 0 Å². The number of hydrogen-bond acceptors (Lipinski definition) is 3. The lowest BCUT2D eigenvalue weighted by atomic mass is 9.92. The zero-order valence-electron chi connectivity index (χ0n) is 13.6. The van der Waals surface area contributed by atoms with Crippen LogP contribution in [0, 0.1) is 19.8 Å². The number of carboxylic acid groups (broad SMARTS) is 1. The molecule has 1 aliphatic rings. The van der Waals surface area contributed by atoms with E-state index in [2.05, 4.69) is 24.3 Å². The standard InChI is InChI=1S/C16H27N3O2/c1-5-9-17-16(15(20)21,13-7-8-13)10-19-12(4)14(6-2)11(3)18-19/h13,17H,5-10H2,1-4H3,(H,20,21). The van der Waals surface area contributed by atoms with E-state index in [-0.39, 0.29) is 5.92 Å². The molecule has 1 saturated carbocycles. The lowest BCUT2D eigenvalue weighted by Gasteiger charge is -2.31. The molecule has 0 aromatic carbocycles. The van der Waals surface area contributed by atoms with Gasteiger partial charge < -0.3 is 10.4 Å². The Morgan fingerprint density at radius 1 is 1.43 bits per heavy atom. The average molecular weight is 293 g/mol. The van der Waals surface area contributed by atoms with Crippen molar-refractivity contribution in [3.05, 3.63) is 17.0 Å². The molecule has 0 radical (unpaired) electrons. The highest BCUT2D eigenvalue weighted by molar-refractivity contribution is 5.79. The van der Waals surface area contributed by atoms with E-state index >= 15 is 0 Å². The molecule has 2 rings (SSSR count). The molecule has 1 aromatic heterocycles. The van der Waals surface area contributed by atoms with Crippen molar-refractivity contribution in [2.75, 3.05) is 6.54 Å². The summed E-state index contributed by atoms with van der Waals surface area (Å²) in [6, 6.07) is 0. The average Bonchev–Trinajstić information content (AvgIpc) is 3.23. The van der Waals surface area contributed by atoms with Crippen LogP contribution in [0.1, 0.15) is 50.1 Å². The molecule has 1 unspecified atom stereocenters. The van der Waals surface area contributed by atoms with Crippen LogP contribution in [0.2, 0.25) is 0 Å². The minimum Gasteiger partial charge on any atom is -0.480 e. The molecule has 118 valence electrons. The number of hydrogen-bond donors (Lipinski definition) is 2. The maximum absolute atomic E-state index is 12.0. The molecule has 1 aromatic rings. The van der Waals surface area contributed by atoms with Crippen LogP contribution in [-0.4, -0.2) is 32.9 Å². The van der Waals surface area contributed by atoms with Crippen LogP contribution < -0.4 is 5.32 Å². The van der Waals surface area contributed by atoms with Crippen LogP contribution in [-0.2, 0) is 17.8 Å². The Bertz CT molecular complexity index is 520. The van der Waals surface area contributed by atoms with Crippen LogP contribution in [0.4, 0.5) is 0 Å². The van der Waals surface area contributed by atoms with E-state index in [1.165, 1.54) is 5.56 Å². The molecule has 1 aliphatic carbocycles. The fraction of sp³-hybridized carbons (Fsp3) is 0.750. The van der Waals surface area contributed by atoms with Crippen molar-refractivity contribution >= 4 is 5.97 Å². The summed E-state index contributed by atoms with van der Waals surface area (Å²) in [7, 11) is 0. The normalized spacial score (nSPS) is 17.7. The highest BCUT2D eigenvalue weighted by atomic mass is 16.4. The molecule has 0 saturated heterocycles. The van der Waals surface area contributed by atoms with E-state index in [4.69, 9.17) is 0 Å². The van der Waals surface area contributed by atoms with Gasteiger partial charge in [-0.1, -0.05) is 13.8 Å². The third-order valence-electron chi connectivity index (χ3n) is 4.63. The van der Waals surface area contributed by atoms with Gasteiger partial charge in [-0.25, -0.2) is 0 Å². The van der Waals surface area contributed by atoms with Crippen molar-refractivity contribution in [3.8, 4) is 0 Å². The van der Waals surface area contributed by atoms with Gasteiger partial charge in [0.1, 0.15) is 5.54 Å². The molecular weight excluding hydrogens is 266 g/mol. The summed E-state index contributed by atoms with van der Waals surface area (Å²) < 4.78 is 1.89. The van der Waals surface area contributed by atoms with E-state index in [1.54, 1.807) is 0 Å². The van der Waals surface area contributed by atoms with Crippen molar-refractivity contribution in [1.82, 2.24) is 15.1 Å². The number of aryl methyl sites for hydroxylation is 1. The number of aromatic nitrogens is 2. The Hall–Kier alpha value is -1.36. The van der Waals surface area contributed by atoms with Crippen molar-refractivity contribution in [2.45, 2.75) is 65.5 Å². The SMILES string of the molecule is CCCNC(Cn1nc(C)c(CC)c1C)(C(=O)O)C1CC1. The molecule has 1 heterocycles. The number of rotatable bonds is 8. The summed E-state index contributed by atoms with van der Waals surface area (Å²) in [5, 5.41) is 17.7. The summed E-state index contributed by atoms with van der Waals surface area (Å²) >= 11 is 0. The lowest BCUT2D eigenvalue weighted by molar-refractivity contribution is -0.147. The van der Waals surface area contributed by atoms with Crippen LogP contribution in [0.3, 0.4) is 0 Å². The Balaban J connectivity index is 2.32. The number of nitrogens with one attached hydrogen (secondary N) is 1. The predicted molar refractivity (Wildman–Crippen MR) is 82.5 cm³/mol. The quantitative estimate of drug-likeness (QED) is 0.772. The first-order valence-corrected chi connectivity index (χ1v) is 7.97. The number of carbonyl (C=O) groups is 1. The first-order chi connectivity index (χ1) is 9.96. The highest BCUT2D eigenvalue weighted by Crippen LogP contribution is 2.41. The molecular formula is C16H27N3O2. The van der Waals surface area contributed by atoms with Crippen LogP contribution >= 0.6 is 0 Å². The second kappa shape index (κ2) is 6.18. The largest absolute Gasteiger partial charge is 0.480 e. The zero-order valence-corrected chi connectivity index (χ0v) is 13.6. The fourth-order valence-electron chi connectivity index (χ4n) is 3.21. The molecule has 0 bridgehead atoms. The summed E-state index contributed by atoms with van der Waals surface area (Å²) in [5.74, 6) is -0.528. The maximum Gasteiger partial charge on any atom is 0.326 e. The summed E-state index contributed by atoms with van der Waals surface area (Å²) in [4.78, 5) is 12.0. The number of aliphatic carboxylic acids is 1. The van der Waals surface area contributed by atoms with Gasteiger partial charge in [0.15, 0.2) is 0 Å². The third-order valence-corrected chi connectivity index (χ3v) is 4.63. The Kier molecular flexibility index (Phi) is 4.71. The van der Waals surface area contributed by atoms with Crippen molar-refractivity contribution in [3.63, 3.8) is 0 Å². The van der Waals surface area contributed by atoms with Crippen molar-refractivity contribution in [2.24, 2.45) is 5.92 Å². The first kappa shape index (κ1) is 16.0. The summed E-state index contributed by atoms with van der Waals surface area (Å²) in [6.45, 7) is 9.36. The third kappa shape index (κ3) is 2.98. The Morgan fingerprint density at radius 2 is 2.10 bits per heavy atom. The summed E-state index contributed by atoms with van der Waals surface area (Å²) in [5.41, 5.74) is 2.48. The lowest BCUT2D eigenvalue weighted by Crippen LogP contribution is -2.57. The van der Waals surface area contributed by atoms with Gasteiger partial charge in [-0.3, -0.25) is 9.48 Å². The molecule has 0 spiro atoms. The fourth-order valence-corrected chi connectivity index (χ4v) is 3.21. The molecule has 1 atom stereocenters. The Labute approximate surface area is 126 Å². The van der Waals surface area contributed by atoms with Gasteiger partial charge in [-0.05, 0) is 57.6 Å². The minimum absolute atomic E-state index is 0.218. The predicted octanol–water partition coefficient (Wildman–Crippen LogP) is 2.30. The zero-order chi connectivity index (χ0) is 15.6. The smallest absolute Gasteiger partial charge is 0.326 e.